The Morgan fingerprint density at radius 2 is 1.89 bits per heavy atom. The predicted octanol–water partition coefficient (Wildman–Crippen LogP) is 6.27. The lowest BCUT2D eigenvalue weighted by Gasteiger charge is -2.33. The van der Waals surface area contributed by atoms with E-state index in [0.717, 1.165) is 6.07 Å². The summed E-state index contributed by atoms with van der Waals surface area (Å²) in [4.78, 5) is 26.4. The molecular weight excluding hydrogens is 529 g/mol. The molecule has 1 saturated heterocycles. The van der Waals surface area contributed by atoms with Crippen LogP contribution in [0.1, 0.15) is 52.2 Å². The van der Waals surface area contributed by atoms with Crippen molar-refractivity contribution in [1.82, 2.24) is 5.16 Å². The van der Waals surface area contributed by atoms with Gasteiger partial charge in [0.15, 0.2) is 11.4 Å². The van der Waals surface area contributed by atoms with Crippen LogP contribution in [-0.2, 0) is 10.4 Å². The molecular formula is C26H20Cl2F2N2O5. The molecule has 2 bridgehead atoms. The number of nitrogens with zero attached hydrogens (tertiary/aromatic N) is 2. The zero-order valence-electron chi connectivity index (χ0n) is 19.2. The number of fused-ring (bicyclic) bond motifs is 2. The van der Waals surface area contributed by atoms with Crippen molar-refractivity contribution in [2.45, 2.75) is 43.5 Å². The monoisotopic (exact) mass is 548 g/mol. The number of piperidine rings is 1. The second kappa shape index (κ2) is 8.70. The number of aromatic carboxylic acids is 1. The Kier molecular flexibility index (Phi) is 5.69. The van der Waals surface area contributed by atoms with E-state index in [1.807, 2.05) is 4.90 Å². The van der Waals surface area contributed by atoms with Crippen molar-refractivity contribution in [3.63, 3.8) is 0 Å². The van der Waals surface area contributed by atoms with Crippen LogP contribution >= 0.6 is 23.2 Å². The van der Waals surface area contributed by atoms with Gasteiger partial charge in [0, 0.05) is 30.5 Å². The summed E-state index contributed by atoms with van der Waals surface area (Å²) in [6, 6.07) is 8.54. The maximum Gasteiger partial charge on any atom is 0.344 e. The minimum atomic E-state index is -1.79. The highest BCUT2D eigenvalue weighted by Gasteiger charge is 2.53. The van der Waals surface area contributed by atoms with E-state index in [4.69, 9.17) is 37.6 Å². The van der Waals surface area contributed by atoms with E-state index in [-0.39, 0.29) is 63.0 Å². The van der Waals surface area contributed by atoms with Gasteiger partial charge in [-0.3, -0.25) is 0 Å². The Balaban J connectivity index is 1.25. The number of halogens is 4. The molecule has 37 heavy (non-hydrogen) atoms. The highest BCUT2D eigenvalue weighted by atomic mass is 35.5. The first-order valence-electron chi connectivity index (χ1n) is 11.8. The molecule has 1 aromatic heterocycles. The lowest BCUT2D eigenvalue weighted by atomic mass is 10.0. The van der Waals surface area contributed by atoms with E-state index < -0.39 is 29.5 Å². The topological polar surface area (TPSA) is 92.9 Å². The molecule has 0 unspecified atom stereocenters. The third-order valence-corrected chi connectivity index (χ3v) is 8.06. The van der Waals surface area contributed by atoms with E-state index in [2.05, 4.69) is 5.16 Å². The van der Waals surface area contributed by atoms with Crippen molar-refractivity contribution < 1.29 is 32.7 Å². The maximum absolute atomic E-state index is 15.1. The zero-order chi connectivity index (χ0) is 26.1. The molecule has 7 nitrogen and oxygen atoms in total. The molecule has 3 fully saturated rings. The number of benzene rings is 2. The van der Waals surface area contributed by atoms with Crippen LogP contribution in [0.4, 0.5) is 14.5 Å². The Morgan fingerprint density at radius 3 is 2.49 bits per heavy atom. The van der Waals surface area contributed by atoms with Crippen molar-refractivity contribution >= 4 is 40.8 Å². The number of rotatable bonds is 6. The van der Waals surface area contributed by atoms with Gasteiger partial charge in [0.25, 0.3) is 0 Å². The first-order chi connectivity index (χ1) is 17.7. The van der Waals surface area contributed by atoms with E-state index in [9.17, 15) is 14.0 Å². The number of carboxylic acids is 1. The Hall–Kier alpha value is -3.17. The summed E-state index contributed by atoms with van der Waals surface area (Å²) < 4.78 is 40.9. The number of carboxylic acid groups (broad SMARTS) is 1. The standard InChI is InChI=1S/C26H20Cl2F2N2O5/c27-15-2-1-3-16(28)20(15)22-21(23(37-31-22)26(30)6-7-26)25(35)36-19-10-14-8-13(19)11-32(14)18-5-4-12(24(33)34)9-17(18)29/h1-5,9,13-14,19H,6-8,10-11H2,(H,33,34)/t13-,14-,19+/m0/s1. The lowest BCUT2D eigenvalue weighted by molar-refractivity contribution is 0.0187. The summed E-state index contributed by atoms with van der Waals surface area (Å²) in [7, 11) is 0. The van der Waals surface area contributed by atoms with Crippen LogP contribution in [0, 0.1) is 11.7 Å². The fourth-order valence-electron chi connectivity index (χ4n) is 5.43. The molecule has 192 valence electrons. The minimum absolute atomic E-state index is 0.0323. The van der Waals surface area contributed by atoms with Gasteiger partial charge in [-0.1, -0.05) is 34.4 Å². The first kappa shape index (κ1) is 24.2. The SMILES string of the molecule is O=C(O)c1ccc(N2C[C@@H]3C[C@H]2C[C@H]3OC(=O)c2c(-c3c(Cl)cccc3Cl)noc2C2(F)CC2)c(F)c1. The van der Waals surface area contributed by atoms with Gasteiger partial charge < -0.3 is 19.3 Å². The number of hydrogen-bond acceptors (Lipinski definition) is 6. The second-order valence-electron chi connectivity index (χ2n) is 9.75. The van der Waals surface area contributed by atoms with Gasteiger partial charge in [0.05, 0.1) is 21.3 Å². The molecule has 3 aliphatic rings. The fourth-order valence-corrected chi connectivity index (χ4v) is 6.01. The number of aromatic nitrogens is 1. The summed E-state index contributed by atoms with van der Waals surface area (Å²) in [6.07, 6.45) is 1.05. The largest absolute Gasteiger partial charge is 0.478 e. The first-order valence-corrected chi connectivity index (χ1v) is 12.6. The molecule has 1 N–H and O–H groups in total. The highest BCUT2D eigenvalue weighted by molar-refractivity contribution is 6.39. The van der Waals surface area contributed by atoms with Crippen molar-refractivity contribution in [2.24, 2.45) is 5.92 Å². The maximum atomic E-state index is 15.1. The van der Waals surface area contributed by atoms with Crippen molar-refractivity contribution in [3.8, 4) is 11.3 Å². The molecule has 0 radical (unpaired) electrons. The molecule has 11 heteroatoms. The minimum Gasteiger partial charge on any atom is -0.478 e. The summed E-state index contributed by atoms with van der Waals surface area (Å²) in [5, 5.41) is 13.5. The van der Waals surface area contributed by atoms with Gasteiger partial charge in [-0.2, -0.15) is 0 Å². The van der Waals surface area contributed by atoms with Crippen molar-refractivity contribution in [3.05, 3.63) is 69.1 Å². The number of carbonyl (C=O) groups is 2. The summed E-state index contributed by atoms with van der Waals surface area (Å²) in [5.41, 5.74) is -1.44. The van der Waals surface area contributed by atoms with Gasteiger partial charge in [0.2, 0.25) is 0 Å². The van der Waals surface area contributed by atoms with E-state index in [1.54, 1.807) is 18.2 Å². The molecule has 2 aromatic carbocycles. The molecule has 0 amide bonds. The van der Waals surface area contributed by atoms with Gasteiger partial charge in [-0.25, -0.2) is 18.4 Å². The van der Waals surface area contributed by atoms with E-state index >= 15 is 4.39 Å². The van der Waals surface area contributed by atoms with Crippen LogP contribution in [0.5, 0.6) is 0 Å². The summed E-state index contributed by atoms with van der Waals surface area (Å²) in [6.45, 7) is 0.429. The molecule has 6 rings (SSSR count). The van der Waals surface area contributed by atoms with E-state index in [0.29, 0.717) is 25.1 Å². The second-order valence-corrected chi connectivity index (χ2v) is 10.6. The Bertz CT molecular complexity index is 1420. The molecule has 3 atom stereocenters. The molecule has 2 aliphatic carbocycles. The van der Waals surface area contributed by atoms with Crippen LogP contribution in [0.2, 0.25) is 10.0 Å². The number of ether oxygens (including phenoxy) is 1. The number of esters is 1. The van der Waals surface area contributed by atoms with Crippen LogP contribution in [0.25, 0.3) is 11.3 Å². The zero-order valence-corrected chi connectivity index (χ0v) is 20.7. The van der Waals surface area contributed by atoms with Gasteiger partial charge in [-0.05, 0) is 49.6 Å². The average molecular weight is 549 g/mol. The third-order valence-electron chi connectivity index (χ3n) is 7.43. The molecule has 0 spiro atoms. The molecule has 1 aliphatic heterocycles. The summed E-state index contributed by atoms with van der Waals surface area (Å²) in [5.74, 6) is -2.86. The van der Waals surface area contributed by atoms with Crippen LogP contribution in [0.15, 0.2) is 40.9 Å². The quantitative estimate of drug-likeness (QED) is 0.363. The number of alkyl halides is 1. The molecule has 2 saturated carbocycles. The Labute approximate surface area is 219 Å². The van der Waals surface area contributed by atoms with Crippen molar-refractivity contribution in [1.29, 1.82) is 0 Å². The van der Waals surface area contributed by atoms with Crippen LogP contribution in [0.3, 0.4) is 0 Å². The predicted molar refractivity (Wildman–Crippen MR) is 130 cm³/mol. The highest BCUT2D eigenvalue weighted by Crippen LogP contribution is 2.53. The Morgan fingerprint density at radius 1 is 1.16 bits per heavy atom. The number of hydrogen-bond donors (Lipinski definition) is 1. The lowest BCUT2D eigenvalue weighted by Crippen LogP contribution is -2.40. The van der Waals surface area contributed by atoms with Gasteiger partial charge in [0.1, 0.15) is 23.2 Å². The molecule has 3 aromatic rings. The summed E-state index contributed by atoms with van der Waals surface area (Å²) >= 11 is 12.7. The van der Waals surface area contributed by atoms with Crippen LogP contribution in [-0.4, -0.2) is 40.9 Å². The van der Waals surface area contributed by atoms with E-state index in [1.165, 1.54) is 12.1 Å². The average Bonchev–Trinajstić information content (AvgIpc) is 3.19. The smallest absolute Gasteiger partial charge is 0.344 e. The fraction of sp³-hybridized carbons (Fsp3) is 0.346. The number of carbonyl (C=O) groups excluding carboxylic acids is 1. The van der Waals surface area contributed by atoms with Crippen LogP contribution < -0.4 is 4.90 Å². The van der Waals surface area contributed by atoms with Gasteiger partial charge in [-0.15, -0.1) is 0 Å². The normalized spacial score (nSPS) is 23.4. The van der Waals surface area contributed by atoms with Crippen molar-refractivity contribution in [2.75, 3.05) is 11.4 Å². The van der Waals surface area contributed by atoms with Gasteiger partial charge >= 0.3 is 11.9 Å². The third kappa shape index (κ3) is 4.05. The molecule has 2 heterocycles. The number of anilines is 1.